The summed E-state index contributed by atoms with van der Waals surface area (Å²) in [6, 6.07) is 20.2. The van der Waals surface area contributed by atoms with Gasteiger partial charge in [0.25, 0.3) is 17.7 Å². The molecule has 324 valence electrons. The Hall–Kier alpha value is -7.91. The van der Waals surface area contributed by atoms with E-state index in [1.54, 1.807) is 48.5 Å². The zero-order valence-electron chi connectivity index (χ0n) is 33.3. The lowest BCUT2D eigenvalue weighted by molar-refractivity contribution is 0.0947. The van der Waals surface area contributed by atoms with E-state index in [9.17, 15) is 29.7 Å². The predicted molar refractivity (Wildman–Crippen MR) is 239 cm³/mol. The molecule has 0 spiro atoms. The van der Waals surface area contributed by atoms with Crippen LogP contribution in [0.4, 0.5) is 0 Å². The van der Waals surface area contributed by atoms with Gasteiger partial charge in [-0.05, 0) is 94.8 Å². The Labute approximate surface area is 376 Å². The number of phenols is 4. The molecular weight excluding hydrogens is 950 g/mol. The van der Waals surface area contributed by atoms with Crippen LogP contribution in [0.3, 0.4) is 0 Å². The van der Waals surface area contributed by atoms with Crippen molar-refractivity contribution < 1.29 is 49.0 Å². The highest BCUT2D eigenvalue weighted by atomic mass is 79.9. The van der Waals surface area contributed by atoms with Gasteiger partial charge in [-0.15, -0.1) is 0 Å². The van der Waals surface area contributed by atoms with Crippen LogP contribution in [0.5, 0.6) is 40.2 Å². The molecule has 0 aliphatic rings. The number of hydrogen-bond donors (Lipinski definition) is 7. The number of ether oxygens (including phenoxy) is 3. The molecule has 0 atom stereocenters. The summed E-state index contributed by atoms with van der Waals surface area (Å²) in [5, 5.41) is 48.8. The molecule has 0 fully saturated rings. The number of pyridine rings is 3. The highest BCUT2D eigenvalue weighted by Gasteiger charge is 2.15. The van der Waals surface area contributed by atoms with Gasteiger partial charge in [-0.2, -0.15) is 15.3 Å². The van der Waals surface area contributed by atoms with Gasteiger partial charge in [0.15, 0.2) is 23.0 Å². The molecule has 6 rings (SSSR count). The van der Waals surface area contributed by atoms with E-state index in [0.717, 1.165) is 10.7 Å². The van der Waals surface area contributed by atoms with Crippen LogP contribution in [0.2, 0.25) is 0 Å². The molecule has 6 aromatic rings. The summed E-state index contributed by atoms with van der Waals surface area (Å²) in [5.74, 6) is -1.14. The average Bonchev–Trinajstić information content (AvgIpc) is 3.30. The summed E-state index contributed by atoms with van der Waals surface area (Å²) in [5.41, 5.74) is 9.83. The molecule has 3 heterocycles. The van der Waals surface area contributed by atoms with E-state index in [-0.39, 0.29) is 23.1 Å². The lowest BCUT2D eigenvalue weighted by atomic mass is 10.2. The van der Waals surface area contributed by atoms with E-state index in [1.165, 1.54) is 95.1 Å². The largest absolute Gasteiger partial charge is 0.508 e. The highest BCUT2D eigenvalue weighted by Crippen LogP contribution is 2.39. The SMILES string of the molecule is COc1ccc(/C=N/NC(=O)c2ccnc(Br)c2)c(OC)c1OC.O=C(N/N=C/c1cc(O)ccc1Br)c1ccncc1.O=C(N/N=C/c1ccc(O)c(O)c1O)c1ccncc1. The monoisotopic (exact) mass is 985 g/mol. The number of aromatic nitrogens is 3. The molecule has 0 saturated heterocycles. The Balaban J connectivity index is 0.000000209. The first kappa shape index (κ1) is 47.8. The molecule has 19 nitrogen and oxygen atoms in total. The number of aromatic hydroxyl groups is 4. The summed E-state index contributed by atoms with van der Waals surface area (Å²) in [6.45, 7) is 0. The van der Waals surface area contributed by atoms with Gasteiger partial charge in [0.05, 0.1) is 40.0 Å². The van der Waals surface area contributed by atoms with Crippen LogP contribution in [0.15, 0.2) is 134 Å². The summed E-state index contributed by atoms with van der Waals surface area (Å²) < 4.78 is 17.2. The topological polar surface area (TPSA) is 272 Å². The second-order valence-corrected chi connectivity index (χ2v) is 13.6. The number of rotatable bonds is 12. The van der Waals surface area contributed by atoms with Crippen molar-refractivity contribution in [3.8, 4) is 40.2 Å². The Bertz CT molecular complexity index is 2600. The van der Waals surface area contributed by atoms with Crippen molar-refractivity contribution in [3.63, 3.8) is 0 Å². The van der Waals surface area contributed by atoms with Crippen molar-refractivity contribution in [2.45, 2.75) is 0 Å². The summed E-state index contributed by atoms with van der Waals surface area (Å²) in [4.78, 5) is 46.9. The second kappa shape index (κ2) is 24.4. The van der Waals surface area contributed by atoms with E-state index in [0.29, 0.717) is 49.7 Å². The van der Waals surface area contributed by atoms with Crippen LogP contribution in [-0.4, -0.2) is 93.1 Å². The average molecular weight is 988 g/mol. The first-order chi connectivity index (χ1) is 30.4. The number of hydrazone groups is 3. The summed E-state index contributed by atoms with van der Waals surface area (Å²) in [6.07, 6.45) is 11.6. The smallest absolute Gasteiger partial charge is 0.271 e. The van der Waals surface area contributed by atoms with Crippen LogP contribution < -0.4 is 30.5 Å². The minimum atomic E-state index is -0.644. The van der Waals surface area contributed by atoms with Crippen LogP contribution in [0.1, 0.15) is 47.8 Å². The maximum atomic E-state index is 12.0. The van der Waals surface area contributed by atoms with Crippen molar-refractivity contribution in [2.24, 2.45) is 15.3 Å². The second-order valence-electron chi connectivity index (χ2n) is 11.9. The van der Waals surface area contributed by atoms with Crippen LogP contribution in [0, 0.1) is 0 Å². The minimum Gasteiger partial charge on any atom is -0.508 e. The first-order valence-corrected chi connectivity index (χ1v) is 19.4. The van der Waals surface area contributed by atoms with E-state index >= 15 is 0 Å². The molecule has 0 aliphatic heterocycles. The fourth-order valence-electron chi connectivity index (χ4n) is 4.77. The molecule has 0 saturated carbocycles. The van der Waals surface area contributed by atoms with Crippen molar-refractivity contribution in [1.82, 2.24) is 31.2 Å². The quantitative estimate of drug-likeness (QED) is 0.0326. The minimum absolute atomic E-state index is 0.130. The van der Waals surface area contributed by atoms with Crippen molar-refractivity contribution >= 4 is 68.2 Å². The molecule has 0 radical (unpaired) electrons. The molecule has 3 amide bonds. The van der Waals surface area contributed by atoms with Gasteiger partial charge in [0.1, 0.15) is 10.4 Å². The molecule has 0 aliphatic carbocycles. The molecular formula is C42H37Br2N9O10. The number of benzene rings is 3. The van der Waals surface area contributed by atoms with Gasteiger partial charge in [0, 0.05) is 68.8 Å². The van der Waals surface area contributed by atoms with E-state index in [1.807, 2.05) is 0 Å². The van der Waals surface area contributed by atoms with E-state index < -0.39 is 23.2 Å². The van der Waals surface area contributed by atoms with Crippen LogP contribution >= 0.6 is 31.9 Å². The molecule has 3 aromatic carbocycles. The fraction of sp³-hybridized carbons (Fsp3) is 0.0714. The number of halogens is 2. The van der Waals surface area contributed by atoms with Gasteiger partial charge in [0.2, 0.25) is 11.5 Å². The highest BCUT2D eigenvalue weighted by molar-refractivity contribution is 9.10. The molecule has 3 aromatic heterocycles. The lowest BCUT2D eigenvalue weighted by Gasteiger charge is -2.13. The molecule has 63 heavy (non-hydrogen) atoms. The molecule has 21 heteroatoms. The van der Waals surface area contributed by atoms with Crippen LogP contribution in [0.25, 0.3) is 0 Å². The van der Waals surface area contributed by atoms with Crippen molar-refractivity contribution in [3.05, 3.63) is 152 Å². The maximum absolute atomic E-state index is 12.0. The third-order valence-electron chi connectivity index (χ3n) is 7.86. The van der Waals surface area contributed by atoms with Gasteiger partial charge in [-0.25, -0.2) is 21.3 Å². The standard InChI is InChI=1S/C16H16BrN3O4.C13H10BrN3O2.C13H11N3O4/c1-22-12-5-4-11(14(23-2)15(12)24-3)9-19-20-16(21)10-6-7-18-13(17)8-10;14-12-2-1-11(18)7-10(12)8-16-17-13(19)9-3-5-15-6-4-9;17-10-2-1-9(11(18)12(10)19)7-15-16-13(20)8-3-5-14-6-4-8/h4-9H,1-3H3,(H,20,21);1-8,18H,(H,17,19);1-7,17-19H,(H,16,20)/b19-9+;16-8+;15-7+. The van der Waals surface area contributed by atoms with Gasteiger partial charge >= 0.3 is 0 Å². The molecule has 0 unspecified atom stereocenters. The first-order valence-electron chi connectivity index (χ1n) is 17.8. The number of nitrogens with zero attached hydrogens (tertiary/aromatic N) is 6. The number of carbonyl (C=O) groups excluding carboxylic acids is 3. The van der Waals surface area contributed by atoms with Crippen LogP contribution in [-0.2, 0) is 0 Å². The summed E-state index contributed by atoms with van der Waals surface area (Å²) >= 11 is 6.53. The number of carbonyl (C=O) groups is 3. The van der Waals surface area contributed by atoms with Gasteiger partial charge < -0.3 is 34.6 Å². The summed E-state index contributed by atoms with van der Waals surface area (Å²) in [7, 11) is 4.57. The van der Waals surface area contributed by atoms with Crippen molar-refractivity contribution in [1.29, 1.82) is 0 Å². The third-order valence-corrected chi connectivity index (χ3v) is 9.01. The Morgan fingerprint density at radius 3 is 1.60 bits per heavy atom. The Morgan fingerprint density at radius 2 is 1.06 bits per heavy atom. The maximum Gasteiger partial charge on any atom is 0.271 e. The third kappa shape index (κ3) is 14.4. The number of hydrogen-bond acceptors (Lipinski definition) is 16. The number of amides is 3. The zero-order valence-corrected chi connectivity index (χ0v) is 36.5. The van der Waals surface area contributed by atoms with Crippen molar-refractivity contribution in [2.75, 3.05) is 21.3 Å². The number of phenolic OH excluding ortho intramolecular Hbond substituents is 4. The zero-order chi connectivity index (χ0) is 45.7. The number of nitrogens with one attached hydrogen (secondary N) is 3. The normalized spacial score (nSPS) is 10.6. The van der Waals surface area contributed by atoms with Gasteiger partial charge in [-0.3, -0.25) is 24.4 Å². The molecule has 7 N–H and O–H groups in total. The van der Waals surface area contributed by atoms with E-state index in [2.05, 4.69) is 78.4 Å². The lowest BCUT2D eigenvalue weighted by Crippen LogP contribution is -2.17. The molecule has 0 bridgehead atoms. The fourth-order valence-corrected chi connectivity index (χ4v) is 5.48. The Kier molecular flexibility index (Phi) is 18.5. The van der Waals surface area contributed by atoms with Gasteiger partial charge in [-0.1, -0.05) is 15.9 Å². The number of methoxy groups -OCH3 is 3. The predicted octanol–water partition coefficient (Wildman–Crippen LogP) is 5.91. The van der Waals surface area contributed by atoms with E-state index in [4.69, 9.17) is 19.3 Å². The Morgan fingerprint density at radius 1 is 0.556 bits per heavy atom.